The molecule has 132 heavy (non-hydrogen) atoms. The van der Waals surface area contributed by atoms with Gasteiger partial charge in [0, 0.05) is 63.4 Å². The van der Waals surface area contributed by atoms with Crippen LogP contribution in [0.5, 0.6) is 0 Å². The van der Waals surface area contributed by atoms with Crippen molar-refractivity contribution in [2.75, 3.05) is 32.1 Å². The summed E-state index contributed by atoms with van der Waals surface area (Å²) in [5.41, 5.74) is 13.1. The summed E-state index contributed by atoms with van der Waals surface area (Å²) in [5.74, 6) is -25.5. The normalized spacial score (nSPS) is 15.6. The van der Waals surface area contributed by atoms with Crippen LogP contribution in [0.3, 0.4) is 0 Å². The zero-order chi connectivity index (χ0) is 97.4. The molecule has 714 valence electrons. The number of aliphatic carboxylic acids is 4. The molecule has 6 rings (SSSR count). The molecule has 0 saturated carbocycles. The zero-order valence-corrected chi connectivity index (χ0v) is 72.9. The van der Waals surface area contributed by atoms with Gasteiger partial charge >= 0.3 is 23.9 Å². The summed E-state index contributed by atoms with van der Waals surface area (Å²) in [5, 5.41) is 104. The van der Waals surface area contributed by atoms with Crippen LogP contribution in [-0.4, -0.2) is 298 Å². The molecule has 1 fully saturated rings. The number of thiol groups is 1. The average molecular weight is 1860 g/mol. The first kappa shape index (κ1) is 106. The monoisotopic (exact) mass is 1860 g/mol. The molecule has 0 unspecified atom stereocenters. The maximum atomic E-state index is 14.8. The largest absolute Gasteiger partial charge is 0.481 e. The van der Waals surface area contributed by atoms with E-state index < -0.39 is 291 Å². The predicted molar refractivity (Wildman–Crippen MR) is 466 cm³/mol. The maximum Gasteiger partial charge on any atom is 0.326 e. The summed E-state index contributed by atoms with van der Waals surface area (Å²) < 4.78 is 0. The number of nitrogens with zero attached hydrogens (tertiary/aromatic N) is 2. The highest BCUT2D eigenvalue weighted by Crippen LogP contribution is 2.22. The summed E-state index contributed by atoms with van der Waals surface area (Å²) in [6.07, 6.45) is -5.31. The number of carboxylic acids is 4. The Balaban J connectivity index is 1.13. The van der Waals surface area contributed by atoms with E-state index in [1.165, 1.54) is 26.4 Å². The molecule has 5 aromatic rings. The number of primary amides is 1. The second-order valence-corrected chi connectivity index (χ2v) is 31.6. The molecule has 0 spiro atoms. The predicted octanol–water partition coefficient (Wildman–Crippen LogP) is -7.22. The van der Waals surface area contributed by atoms with Crippen LogP contribution < -0.4 is 85.9 Å². The number of aliphatic hydroxyl groups is 3. The van der Waals surface area contributed by atoms with E-state index in [0.717, 1.165) is 11.8 Å². The molecule has 26 N–H and O–H groups in total. The SMILES string of the molecule is CC(C)[C@H](NC(=O)[C@H](Cc1ccccc1)NC(=O)[C@@H]1CCCN1C(=O)[C@H](CCC(=O)O)NC(=O)[C@H](Cc1ccccc1)NC(=O)[C@@H](N)CC(N)=O)C(=O)N[C@@H](CCC(=O)O)C(=O)N[C@@H](CC(=O)O)C(=O)N[C@@H](Cc1c[nH]cn1)C(=O)N[C@@H](CS)C(=O)NCC(=O)N[C@H](C(=O)N[C@@H](Cc1ccccc1)C(=O)N[C@@H](CO)C(=O)N[C@@H](CO)C(=O)N[C@@H](Cc1ccccc1)C(=O)O)[C@@H](C)O. The van der Waals surface area contributed by atoms with Crippen molar-refractivity contribution in [1.29, 1.82) is 0 Å². The van der Waals surface area contributed by atoms with Crippen LogP contribution >= 0.6 is 12.6 Å². The summed E-state index contributed by atoms with van der Waals surface area (Å²) in [6, 6.07) is 6.70. The molecule has 0 radical (unpaired) electrons. The number of rotatable bonds is 55. The van der Waals surface area contributed by atoms with Crippen LogP contribution in [0.25, 0.3) is 0 Å². The third-order valence-electron chi connectivity index (χ3n) is 20.6. The Morgan fingerprint density at radius 2 is 0.826 bits per heavy atom. The first-order valence-corrected chi connectivity index (χ1v) is 42.4. The van der Waals surface area contributed by atoms with E-state index in [9.17, 15) is 132 Å². The highest BCUT2D eigenvalue weighted by molar-refractivity contribution is 7.80. The fourth-order valence-corrected chi connectivity index (χ4v) is 13.8. The van der Waals surface area contributed by atoms with Gasteiger partial charge in [-0.05, 0) is 60.8 Å². The minimum atomic E-state index is -2.17. The Morgan fingerprint density at radius 3 is 1.27 bits per heavy atom. The molecule has 1 saturated heterocycles. The minimum absolute atomic E-state index is 0.0270. The number of hydrogen-bond acceptors (Lipinski definition) is 26. The first-order chi connectivity index (χ1) is 62.7. The van der Waals surface area contributed by atoms with Crippen molar-refractivity contribution < 1.29 is 132 Å². The fraction of sp³-hybridized carbons (Fsp3) is 0.447. The van der Waals surface area contributed by atoms with Gasteiger partial charge in [0.2, 0.25) is 94.5 Å². The lowest BCUT2D eigenvalue weighted by molar-refractivity contribution is -0.143. The smallest absolute Gasteiger partial charge is 0.326 e. The Labute approximate surface area is 760 Å². The molecule has 1 aliphatic rings. The van der Waals surface area contributed by atoms with Crippen LogP contribution in [0.1, 0.15) is 100 Å². The van der Waals surface area contributed by atoms with Crippen molar-refractivity contribution in [3.05, 3.63) is 162 Å². The van der Waals surface area contributed by atoms with E-state index in [2.05, 4.69) is 97.0 Å². The molecule has 1 aromatic heterocycles. The van der Waals surface area contributed by atoms with E-state index in [4.69, 9.17) is 11.5 Å². The maximum absolute atomic E-state index is 14.8. The van der Waals surface area contributed by atoms with Gasteiger partial charge in [0.1, 0.15) is 84.6 Å². The van der Waals surface area contributed by atoms with Crippen molar-refractivity contribution in [1.82, 2.24) is 89.3 Å². The van der Waals surface area contributed by atoms with Gasteiger partial charge < -0.3 is 132 Å². The van der Waals surface area contributed by atoms with Gasteiger partial charge in [0.05, 0.1) is 56.8 Å². The molecule has 4 aromatic carbocycles. The van der Waals surface area contributed by atoms with E-state index >= 15 is 0 Å². The number of benzene rings is 4. The third-order valence-corrected chi connectivity index (χ3v) is 21.0. The number of imidazole rings is 1. The van der Waals surface area contributed by atoms with Crippen LogP contribution in [0.4, 0.5) is 0 Å². The summed E-state index contributed by atoms with van der Waals surface area (Å²) in [7, 11) is 0. The summed E-state index contributed by atoms with van der Waals surface area (Å²) in [6.45, 7) is 0.651. The second kappa shape index (κ2) is 53.6. The highest BCUT2D eigenvalue weighted by atomic mass is 32.1. The number of aromatic nitrogens is 2. The van der Waals surface area contributed by atoms with Crippen LogP contribution in [0.15, 0.2) is 134 Å². The van der Waals surface area contributed by atoms with Gasteiger partial charge in [-0.2, -0.15) is 12.6 Å². The number of nitrogens with two attached hydrogens (primary N) is 2. The molecular formula is C85H111N19O27S. The van der Waals surface area contributed by atoms with Crippen molar-refractivity contribution in [3.63, 3.8) is 0 Å². The van der Waals surface area contributed by atoms with Crippen molar-refractivity contribution in [3.8, 4) is 0 Å². The molecule has 16 atom stereocenters. The number of carboxylic acid groups (broad SMARTS) is 4. The number of hydrogen-bond donors (Lipinski definition) is 25. The fourth-order valence-electron chi connectivity index (χ4n) is 13.6. The number of amides is 16. The molecular weight excluding hydrogens is 1750 g/mol. The van der Waals surface area contributed by atoms with Gasteiger partial charge in [-0.3, -0.25) is 91.1 Å². The van der Waals surface area contributed by atoms with Crippen LogP contribution in [0.2, 0.25) is 0 Å². The standard InChI is InChI=1S/C85H111N19O27S/c1-44(2)69(103-78(123)56(33-48-21-12-6-13-22-48)96-81(126)63-25-16-30-104(63)84(129)53(27-29-67(112)113)92-74(119)54(31-46-17-8-4-9-18-46)93-71(116)51(86)36-64(87)108)82(127)91-52(26-28-66(110)111)73(118)95-58(37-68(114)115)77(122)94-57(35-50-38-88-43-90-50)76(121)101-62(42-132)72(117)89-39-65(109)102-70(45(3)107)83(128)97-55(32-47-19-10-5-11-20-47)75(120)99-61(41-106)80(125)100-60(40-105)79(124)98-59(85(130)131)34-49-23-14-7-15-24-49/h4-15,17-24,38,43-45,51-63,69-70,105-107,132H,16,25-37,39-42,86H2,1-3H3,(H2,87,108)(H,88,90)(H,89,117)(H,91,127)(H,92,119)(H,93,116)(H,94,122)(H,95,118)(H,96,126)(H,97,128)(H,98,124)(H,99,120)(H,100,125)(H,101,121)(H,102,109)(H,103,123)(H,110,111)(H,112,113)(H,114,115)(H,130,131)/t45-,51+,52+,53+,54+,55+,56+,57+,58+,59+,60+,61+,62+,63+,69+,70+/m1/s1. The molecule has 0 bridgehead atoms. The Morgan fingerprint density at radius 1 is 0.439 bits per heavy atom. The Hall–Kier alpha value is -14.3. The quantitative estimate of drug-likeness (QED) is 0.0161. The number of H-pyrrole nitrogens is 1. The number of aromatic amines is 1. The lowest BCUT2D eigenvalue weighted by Gasteiger charge is -2.31. The van der Waals surface area contributed by atoms with Crippen LogP contribution in [0, 0.1) is 5.92 Å². The van der Waals surface area contributed by atoms with E-state index in [-0.39, 0.29) is 50.8 Å². The summed E-state index contributed by atoms with van der Waals surface area (Å²) in [4.78, 5) is 280. The lowest BCUT2D eigenvalue weighted by Crippen LogP contribution is -2.62. The van der Waals surface area contributed by atoms with Gasteiger partial charge in [0.15, 0.2) is 0 Å². The topological polar surface area (TPSA) is 735 Å². The Kier molecular flexibility index (Phi) is 43.2. The first-order valence-electron chi connectivity index (χ1n) is 41.8. The average Bonchev–Trinajstić information content (AvgIpc) is 1.61. The highest BCUT2D eigenvalue weighted by Gasteiger charge is 2.43. The molecule has 16 amide bonds. The number of likely N-dealkylation sites (tertiary alicyclic amines) is 1. The molecule has 47 heteroatoms. The van der Waals surface area contributed by atoms with Crippen molar-refractivity contribution in [2.24, 2.45) is 17.4 Å². The third kappa shape index (κ3) is 35.3. The Bertz CT molecular complexity index is 4830. The molecule has 1 aliphatic heterocycles. The minimum Gasteiger partial charge on any atom is -0.481 e. The van der Waals surface area contributed by atoms with Gasteiger partial charge in [-0.15, -0.1) is 0 Å². The zero-order valence-electron chi connectivity index (χ0n) is 72.0. The van der Waals surface area contributed by atoms with Crippen molar-refractivity contribution >= 4 is 131 Å². The van der Waals surface area contributed by atoms with E-state index in [1.54, 1.807) is 121 Å². The summed E-state index contributed by atoms with van der Waals surface area (Å²) >= 11 is 4.18. The number of nitrogens with one attached hydrogen (secondary N) is 15. The van der Waals surface area contributed by atoms with Gasteiger partial charge in [-0.1, -0.05) is 135 Å². The number of carbonyl (C=O) groups excluding carboxylic acids is 16. The van der Waals surface area contributed by atoms with Gasteiger partial charge in [-0.25, -0.2) is 9.78 Å². The molecule has 46 nitrogen and oxygen atoms in total. The van der Waals surface area contributed by atoms with E-state index in [0.29, 0.717) is 22.3 Å². The molecule has 2 heterocycles. The van der Waals surface area contributed by atoms with Crippen molar-refractivity contribution in [2.45, 2.75) is 201 Å². The number of carbonyl (C=O) groups is 20. The second-order valence-electron chi connectivity index (χ2n) is 31.2. The van der Waals surface area contributed by atoms with Crippen LogP contribution in [-0.2, 0) is 128 Å². The van der Waals surface area contributed by atoms with Gasteiger partial charge in [0.25, 0.3) is 0 Å². The number of aliphatic hydroxyl groups excluding tert-OH is 3. The molecule has 0 aliphatic carbocycles. The van der Waals surface area contributed by atoms with E-state index in [1.807, 2.05) is 0 Å². The lowest BCUT2D eigenvalue weighted by atomic mass is 9.99.